The number of halogens is 4. The smallest absolute Gasteiger partial charge is 0.251 e. The normalized spacial score (nSPS) is 14.7. The summed E-state index contributed by atoms with van der Waals surface area (Å²) in [5, 5.41) is 6.87. The van der Waals surface area contributed by atoms with Crippen LogP contribution in [0.1, 0.15) is 114 Å². The molecule has 0 spiro atoms. The predicted molar refractivity (Wildman–Crippen MR) is 258 cm³/mol. The van der Waals surface area contributed by atoms with Crippen LogP contribution in [0.25, 0.3) is 16.8 Å². The van der Waals surface area contributed by atoms with Gasteiger partial charge in [-0.1, -0.05) is 102 Å². The first-order valence-corrected chi connectivity index (χ1v) is 23.0. The molecule has 1 aliphatic heterocycles. The Morgan fingerprint density at radius 2 is 1.48 bits per heavy atom. The van der Waals surface area contributed by atoms with Gasteiger partial charge < -0.3 is 24.8 Å². The van der Waals surface area contributed by atoms with Gasteiger partial charge in [-0.3, -0.25) is 4.79 Å². The number of rotatable bonds is 16. The molecule has 340 valence electrons. The fraction of sp³-hybridized carbons (Fsp3) is 0.380. The van der Waals surface area contributed by atoms with E-state index < -0.39 is 11.6 Å². The van der Waals surface area contributed by atoms with Gasteiger partial charge in [0.05, 0.1) is 40.1 Å². The molecule has 2 N–H and O–H groups in total. The molecule has 0 bridgehead atoms. The molecular formula is C50H60Cl2F2N8O2. The summed E-state index contributed by atoms with van der Waals surface area (Å²) < 4.78 is 35.0. The first kappa shape index (κ1) is 49.6. The second-order valence-corrected chi connectivity index (χ2v) is 16.2. The summed E-state index contributed by atoms with van der Waals surface area (Å²) in [5.74, 6) is 0.269. The van der Waals surface area contributed by atoms with Crippen LogP contribution in [-0.2, 0) is 4.74 Å². The van der Waals surface area contributed by atoms with Gasteiger partial charge in [-0.15, -0.1) is 0 Å². The third-order valence-electron chi connectivity index (χ3n) is 11.0. The molecule has 2 unspecified atom stereocenters. The maximum atomic E-state index is 14.1. The number of pyridine rings is 1. The van der Waals surface area contributed by atoms with Crippen LogP contribution in [0.3, 0.4) is 0 Å². The van der Waals surface area contributed by atoms with Crippen molar-refractivity contribution in [1.29, 1.82) is 0 Å². The zero-order valence-corrected chi connectivity index (χ0v) is 39.0. The van der Waals surface area contributed by atoms with Crippen LogP contribution >= 0.6 is 23.2 Å². The Labute approximate surface area is 386 Å². The fourth-order valence-electron chi connectivity index (χ4n) is 7.65. The average molecular weight is 914 g/mol. The monoisotopic (exact) mass is 912 g/mol. The number of methoxy groups -OCH3 is 1. The quantitative estimate of drug-likeness (QED) is 0.0935. The molecule has 5 aromatic rings. The lowest BCUT2D eigenvalue weighted by molar-refractivity contribution is 0.134. The second-order valence-electron chi connectivity index (χ2n) is 15.4. The van der Waals surface area contributed by atoms with E-state index in [0.29, 0.717) is 47.8 Å². The molecule has 1 aliphatic carbocycles. The lowest BCUT2D eigenvalue weighted by atomic mass is 9.96. The van der Waals surface area contributed by atoms with Gasteiger partial charge in [0.1, 0.15) is 11.6 Å². The zero-order valence-electron chi connectivity index (χ0n) is 37.5. The third kappa shape index (κ3) is 13.5. The lowest BCUT2D eigenvalue weighted by Crippen LogP contribution is -2.27. The zero-order chi connectivity index (χ0) is 46.0. The number of ether oxygens (including phenoxy) is 1. The van der Waals surface area contributed by atoms with Gasteiger partial charge in [-0.05, 0) is 91.4 Å². The van der Waals surface area contributed by atoms with E-state index >= 15 is 0 Å². The number of unbranched alkanes of at least 4 members (excludes halogenated alkanes) is 2. The molecule has 0 saturated heterocycles. The van der Waals surface area contributed by atoms with Crippen molar-refractivity contribution in [3.05, 3.63) is 159 Å². The van der Waals surface area contributed by atoms with E-state index in [0.717, 1.165) is 61.2 Å². The minimum absolute atomic E-state index is 0.0687. The molecule has 0 radical (unpaired) electrons. The summed E-state index contributed by atoms with van der Waals surface area (Å²) in [5.41, 5.74) is 5.22. The van der Waals surface area contributed by atoms with Gasteiger partial charge in [-0.2, -0.15) is 0 Å². The summed E-state index contributed by atoms with van der Waals surface area (Å²) in [6, 6.07) is 16.5. The molecule has 3 aromatic heterocycles. The number of hydrogen-bond acceptors (Lipinski definition) is 9. The highest BCUT2D eigenvalue weighted by atomic mass is 35.5. The lowest BCUT2D eigenvalue weighted by Gasteiger charge is -2.33. The molecule has 4 heterocycles. The summed E-state index contributed by atoms with van der Waals surface area (Å²) in [6.45, 7) is 13.5. The van der Waals surface area contributed by atoms with Gasteiger partial charge in [0.2, 0.25) is 11.9 Å². The Morgan fingerprint density at radius 1 is 0.844 bits per heavy atom. The summed E-state index contributed by atoms with van der Waals surface area (Å²) in [7, 11) is 1.62. The molecule has 64 heavy (non-hydrogen) atoms. The van der Waals surface area contributed by atoms with Gasteiger partial charge in [0.15, 0.2) is 0 Å². The summed E-state index contributed by atoms with van der Waals surface area (Å²) >= 11 is 11.7. The molecular weight excluding hydrogens is 854 g/mol. The van der Waals surface area contributed by atoms with E-state index in [2.05, 4.69) is 39.1 Å². The Morgan fingerprint density at radius 3 is 2.09 bits per heavy atom. The van der Waals surface area contributed by atoms with Gasteiger partial charge >= 0.3 is 0 Å². The molecule has 1 saturated carbocycles. The maximum Gasteiger partial charge on any atom is 0.251 e. The predicted octanol–water partition coefficient (Wildman–Crippen LogP) is 12.9. The van der Waals surface area contributed by atoms with E-state index in [1.807, 2.05) is 62.2 Å². The number of aromatic nitrogens is 5. The van der Waals surface area contributed by atoms with E-state index in [-0.39, 0.29) is 27.7 Å². The van der Waals surface area contributed by atoms with Crippen LogP contribution in [0.2, 0.25) is 10.0 Å². The van der Waals surface area contributed by atoms with Crippen molar-refractivity contribution in [2.24, 2.45) is 0 Å². The van der Waals surface area contributed by atoms with E-state index in [1.165, 1.54) is 37.5 Å². The fourth-order valence-corrected chi connectivity index (χ4v) is 7.89. The molecule has 2 aromatic carbocycles. The highest BCUT2D eigenvalue weighted by molar-refractivity contribution is 6.31. The number of benzene rings is 2. The standard InChI is InChI=1S/C25H28ClFN4O.C23H26ClFN4O.C2H6/c1-17-14-18(23-10-12-28-25(30-23)29-20-6-4-3-5-7-20)11-13-31(17)24(16-32-2)19-8-9-21(26)22(27)15-19;1-3-5-6-11-26-23-27-12-9-20(28-23)16-10-13-29(22(30)15-16)21(4-2)17-7-8-18(24)19(25)14-17;1-2/h8-15,20,24H,1,3-7,16H2,2H3,(H,28,29,30);7-10,12-15,21H,3-6,11H2,1-2H3,(H,26,27,28);1-2H3. The summed E-state index contributed by atoms with van der Waals surface area (Å²) in [6.07, 6.45) is 21.2. The van der Waals surface area contributed by atoms with E-state index in [9.17, 15) is 13.6 Å². The molecule has 7 rings (SSSR count). The van der Waals surface area contributed by atoms with Crippen LogP contribution in [0.5, 0.6) is 0 Å². The van der Waals surface area contributed by atoms with Crippen LogP contribution in [0.15, 0.2) is 115 Å². The highest BCUT2D eigenvalue weighted by Gasteiger charge is 2.24. The van der Waals surface area contributed by atoms with Crippen molar-refractivity contribution >= 4 is 40.7 Å². The maximum absolute atomic E-state index is 14.1. The van der Waals surface area contributed by atoms with Crippen molar-refractivity contribution in [3.8, 4) is 11.3 Å². The second kappa shape index (κ2) is 25.2. The third-order valence-corrected chi connectivity index (χ3v) is 11.6. The van der Waals surface area contributed by atoms with Crippen LogP contribution in [0, 0.1) is 11.6 Å². The van der Waals surface area contributed by atoms with Gasteiger partial charge in [0.25, 0.3) is 5.56 Å². The molecule has 2 aliphatic rings. The van der Waals surface area contributed by atoms with E-state index in [4.69, 9.17) is 32.9 Å². The number of hydrogen-bond donors (Lipinski definition) is 2. The van der Waals surface area contributed by atoms with Crippen LogP contribution in [-0.4, -0.2) is 55.7 Å². The molecule has 0 amide bonds. The molecule has 14 heteroatoms. The first-order valence-electron chi connectivity index (χ1n) is 22.2. The molecule has 10 nitrogen and oxygen atoms in total. The number of allylic oxidation sites excluding steroid dienone is 3. The first-order chi connectivity index (χ1) is 31.1. The Hall–Kier alpha value is -5.43. The Bertz CT molecular complexity index is 2420. The number of nitrogens with one attached hydrogen (secondary N) is 2. The highest BCUT2D eigenvalue weighted by Crippen LogP contribution is 2.33. The van der Waals surface area contributed by atoms with Crippen molar-refractivity contribution < 1.29 is 13.5 Å². The number of anilines is 2. The SMILES string of the molecule is C=C1C=C(c2ccnc(NC3CCCCC3)n2)C=CN1C(COC)c1ccc(Cl)c(F)c1.CC.CCCCCNc1nccc(-c2ccn(C(CC)c3ccc(Cl)c(F)c3)c(=O)c2)n1. The largest absolute Gasteiger partial charge is 0.382 e. The van der Waals surface area contributed by atoms with Crippen molar-refractivity contribution in [1.82, 2.24) is 29.4 Å². The van der Waals surface area contributed by atoms with E-state index in [1.54, 1.807) is 54.5 Å². The van der Waals surface area contributed by atoms with Crippen molar-refractivity contribution in [2.75, 3.05) is 30.9 Å². The molecule has 2 atom stereocenters. The minimum Gasteiger partial charge on any atom is -0.382 e. The summed E-state index contributed by atoms with van der Waals surface area (Å²) in [4.78, 5) is 32.7. The van der Waals surface area contributed by atoms with Crippen molar-refractivity contribution in [3.63, 3.8) is 0 Å². The van der Waals surface area contributed by atoms with Gasteiger partial charge in [-0.25, -0.2) is 28.7 Å². The van der Waals surface area contributed by atoms with Crippen molar-refractivity contribution in [2.45, 2.75) is 104 Å². The molecule has 1 fully saturated rings. The Balaban J connectivity index is 0.000000232. The minimum atomic E-state index is -0.489. The van der Waals surface area contributed by atoms with Crippen LogP contribution < -0.4 is 16.2 Å². The van der Waals surface area contributed by atoms with Gasteiger partial charge in [0, 0.05) is 67.4 Å². The topological polar surface area (TPSA) is 110 Å². The Kier molecular flexibility index (Phi) is 19.5. The van der Waals surface area contributed by atoms with Crippen LogP contribution in [0.4, 0.5) is 20.7 Å². The average Bonchev–Trinajstić information content (AvgIpc) is 3.31. The number of nitrogens with zero attached hydrogens (tertiary/aromatic N) is 6.